The van der Waals surface area contributed by atoms with E-state index in [1.807, 2.05) is 42.5 Å². The maximum Gasteiger partial charge on any atom is 0.268 e. The minimum atomic E-state index is -1.10. The molecule has 1 N–H and O–H groups in total. The summed E-state index contributed by atoms with van der Waals surface area (Å²) in [6.45, 7) is 3.40. The second-order valence-electron chi connectivity index (χ2n) is 7.06. The molecule has 0 aliphatic heterocycles. The summed E-state index contributed by atoms with van der Waals surface area (Å²) in [7, 11) is 0. The van der Waals surface area contributed by atoms with E-state index in [2.05, 4.69) is 10.3 Å². The van der Waals surface area contributed by atoms with Crippen LogP contribution < -0.4 is 10.1 Å². The molecular weight excluding hydrogens is 388 g/mol. The Morgan fingerprint density at radius 3 is 2.52 bits per heavy atom. The molecule has 0 atom stereocenters. The van der Waals surface area contributed by atoms with Crippen molar-refractivity contribution in [3.8, 4) is 17.2 Å². The first-order valence-electron chi connectivity index (χ1n) is 9.13. The van der Waals surface area contributed by atoms with Crippen LogP contribution in [0.25, 0.3) is 22.6 Å². The van der Waals surface area contributed by atoms with Gasteiger partial charge in [0.1, 0.15) is 11.3 Å². The Bertz CT molecular complexity index is 1140. The number of halogens is 1. The van der Waals surface area contributed by atoms with Crippen molar-refractivity contribution in [2.75, 3.05) is 5.32 Å². The molecule has 0 fully saturated rings. The van der Waals surface area contributed by atoms with Gasteiger partial charge in [-0.25, -0.2) is 4.98 Å². The van der Waals surface area contributed by atoms with Gasteiger partial charge < -0.3 is 14.5 Å². The average Bonchev–Trinajstić information content (AvgIpc) is 3.14. The molecule has 0 saturated heterocycles. The summed E-state index contributed by atoms with van der Waals surface area (Å²) in [6.07, 6.45) is 0. The van der Waals surface area contributed by atoms with Gasteiger partial charge in [-0.15, -0.1) is 0 Å². The first-order valence-corrected chi connectivity index (χ1v) is 9.51. The normalized spacial score (nSPS) is 11.4. The third-order valence-corrected chi connectivity index (χ3v) is 4.75. The summed E-state index contributed by atoms with van der Waals surface area (Å²) in [5.41, 5.74) is 1.53. The molecular formula is C23H19ClN2O3. The number of amides is 1. The molecule has 0 aliphatic rings. The van der Waals surface area contributed by atoms with Gasteiger partial charge in [0.2, 0.25) is 5.89 Å². The maximum atomic E-state index is 12.8. The summed E-state index contributed by atoms with van der Waals surface area (Å²) >= 11 is 6.31. The molecule has 0 radical (unpaired) electrons. The minimum absolute atomic E-state index is 0.321. The van der Waals surface area contributed by atoms with E-state index in [4.69, 9.17) is 20.8 Å². The Morgan fingerprint density at radius 2 is 1.76 bits per heavy atom. The van der Waals surface area contributed by atoms with Gasteiger partial charge in [-0.05, 0) is 56.3 Å². The van der Waals surface area contributed by atoms with E-state index in [1.54, 1.807) is 44.2 Å². The second kappa shape index (κ2) is 7.60. The van der Waals surface area contributed by atoms with Gasteiger partial charge in [-0.3, -0.25) is 4.79 Å². The van der Waals surface area contributed by atoms with Gasteiger partial charge in [-0.1, -0.05) is 41.9 Å². The van der Waals surface area contributed by atoms with Crippen LogP contribution in [0, 0.1) is 0 Å². The molecule has 0 aliphatic carbocycles. The van der Waals surface area contributed by atoms with Crippen LogP contribution in [0.15, 0.2) is 77.2 Å². The number of hydrogen-bond donors (Lipinski definition) is 1. The molecule has 0 saturated carbocycles. The van der Waals surface area contributed by atoms with Crippen molar-refractivity contribution in [3.63, 3.8) is 0 Å². The Labute approximate surface area is 173 Å². The highest BCUT2D eigenvalue weighted by Crippen LogP contribution is 2.31. The number of carbonyl (C=O) groups excluding carboxylic acids is 1. The molecule has 1 amide bonds. The molecule has 0 unspecified atom stereocenters. The average molecular weight is 407 g/mol. The number of ether oxygens (including phenoxy) is 1. The van der Waals surface area contributed by atoms with Crippen LogP contribution in [-0.2, 0) is 4.79 Å². The highest BCUT2D eigenvalue weighted by molar-refractivity contribution is 6.34. The molecule has 1 heterocycles. The predicted molar refractivity (Wildman–Crippen MR) is 114 cm³/mol. The zero-order valence-electron chi connectivity index (χ0n) is 16.0. The topological polar surface area (TPSA) is 64.4 Å². The lowest BCUT2D eigenvalue weighted by molar-refractivity contribution is -0.128. The van der Waals surface area contributed by atoms with Crippen LogP contribution in [0.5, 0.6) is 5.75 Å². The third kappa shape index (κ3) is 4.10. The van der Waals surface area contributed by atoms with Gasteiger partial charge in [0, 0.05) is 5.56 Å². The number of aromatic nitrogens is 1. The third-order valence-electron chi connectivity index (χ3n) is 4.42. The first kappa shape index (κ1) is 19.0. The highest BCUT2D eigenvalue weighted by Gasteiger charge is 2.30. The summed E-state index contributed by atoms with van der Waals surface area (Å²) in [5.74, 6) is 0.745. The SMILES string of the molecule is CC(C)(Oc1ccccc1)C(=O)Nc1cc(-c2nc3ccccc3o2)ccc1Cl. The van der Waals surface area contributed by atoms with Crippen molar-refractivity contribution in [1.29, 1.82) is 0 Å². The molecule has 0 bridgehead atoms. The van der Waals surface area contributed by atoms with Gasteiger partial charge in [0.25, 0.3) is 5.91 Å². The Balaban J connectivity index is 1.58. The van der Waals surface area contributed by atoms with Crippen LogP contribution in [0.3, 0.4) is 0 Å². The van der Waals surface area contributed by atoms with Crippen molar-refractivity contribution in [1.82, 2.24) is 4.98 Å². The number of rotatable bonds is 5. The highest BCUT2D eigenvalue weighted by atomic mass is 35.5. The Kier molecular flexibility index (Phi) is 4.99. The number of carbonyl (C=O) groups is 1. The smallest absolute Gasteiger partial charge is 0.268 e. The predicted octanol–water partition coefficient (Wildman–Crippen LogP) is 5.94. The zero-order valence-corrected chi connectivity index (χ0v) is 16.7. The molecule has 146 valence electrons. The minimum Gasteiger partial charge on any atom is -0.478 e. The summed E-state index contributed by atoms with van der Waals surface area (Å²) in [6, 6.07) is 22.0. The lowest BCUT2D eigenvalue weighted by Crippen LogP contribution is -2.42. The number of nitrogens with one attached hydrogen (secondary N) is 1. The number of oxazole rings is 1. The fraction of sp³-hybridized carbons (Fsp3) is 0.130. The van der Waals surface area contributed by atoms with Crippen molar-refractivity contribution in [3.05, 3.63) is 77.8 Å². The van der Waals surface area contributed by atoms with Crippen molar-refractivity contribution in [2.24, 2.45) is 0 Å². The fourth-order valence-electron chi connectivity index (χ4n) is 2.85. The van der Waals surface area contributed by atoms with Crippen LogP contribution in [-0.4, -0.2) is 16.5 Å². The number of hydrogen-bond acceptors (Lipinski definition) is 4. The molecule has 6 heteroatoms. The fourth-order valence-corrected chi connectivity index (χ4v) is 3.02. The molecule has 4 aromatic rings. The second-order valence-corrected chi connectivity index (χ2v) is 7.47. The van der Waals surface area contributed by atoms with Crippen LogP contribution >= 0.6 is 11.6 Å². The van der Waals surface area contributed by atoms with Crippen molar-refractivity contribution < 1.29 is 13.9 Å². The number of fused-ring (bicyclic) bond motifs is 1. The number of para-hydroxylation sites is 3. The van der Waals surface area contributed by atoms with E-state index < -0.39 is 5.60 Å². The van der Waals surface area contributed by atoms with E-state index in [0.29, 0.717) is 33.5 Å². The lowest BCUT2D eigenvalue weighted by Gasteiger charge is -2.25. The lowest BCUT2D eigenvalue weighted by atomic mass is 10.1. The molecule has 29 heavy (non-hydrogen) atoms. The Morgan fingerprint density at radius 1 is 1.03 bits per heavy atom. The molecule has 3 aromatic carbocycles. The summed E-state index contributed by atoms with van der Waals surface area (Å²) in [5, 5.41) is 3.26. The number of nitrogens with zero attached hydrogens (tertiary/aromatic N) is 1. The van der Waals surface area contributed by atoms with Crippen LogP contribution in [0.1, 0.15) is 13.8 Å². The molecule has 1 aromatic heterocycles. The quantitative estimate of drug-likeness (QED) is 0.445. The van der Waals surface area contributed by atoms with Crippen molar-refractivity contribution in [2.45, 2.75) is 19.4 Å². The van der Waals surface area contributed by atoms with Crippen LogP contribution in [0.4, 0.5) is 5.69 Å². The van der Waals surface area contributed by atoms with E-state index >= 15 is 0 Å². The van der Waals surface area contributed by atoms with E-state index in [0.717, 1.165) is 5.52 Å². The number of anilines is 1. The molecule has 0 spiro atoms. The molecule has 4 rings (SSSR count). The van der Waals surface area contributed by atoms with Gasteiger partial charge in [-0.2, -0.15) is 0 Å². The van der Waals surface area contributed by atoms with Gasteiger partial charge in [0.15, 0.2) is 11.2 Å². The molecule has 5 nitrogen and oxygen atoms in total. The van der Waals surface area contributed by atoms with E-state index in [1.165, 1.54) is 0 Å². The standard InChI is InChI=1S/C23H19ClN2O3/c1-23(2,29-16-8-4-3-5-9-16)22(27)26-19-14-15(12-13-17(19)24)21-25-18-10-6-7-11-20(18)28-21/h3-14H,1-2H3,(H,26,27). The maximum absolute atomic E-state index is 12.8. The zero-order chi connectivity index (χ0) is 20.4. The number of benzene rings is 3. The monoisotopic (exact) mass is 406 g/mol. The summed E-state index contributed by atoms with van der Waals surface area (Å²) in [4.78, 5) is 17.3. The van der Waals surface area contributed by atoms with Crippen LogP contribution in [0.2, 0.25) is 5.02 Å². The van der Waals surface area contributed by atoms with Crippen molar-refractivity contribution >= 4 is 34.3 Å². The largest absolute Gasteiger partial charge is 0.478 e. The van der Waals surface area contributed by atoms with Gasteiger partial charge >= 0.3 is 0 Å². The van der Waals surface area contributed by atoms with E-state index in [9.17, 15) is 4.79 Å². The van der Waals surface area contributed by atoms with Gasteiger partial charge in [0.05, 0.1) is 10.7 Å². The van der Waals surface area contributed by atoms with E-state index in [-0.39, 0.29) is 5.91 Å². The first-order chi connectivity index (χ1) is 13.9. The Hall–Kier alpha value is -3.31. The summed E-state index contributed by atoms with van der Waals surface area (Å²) < 4.78 is 11.7.